The number of hydrogen-bond donors (Lipinski definition) is 1. The number of rotatable bonds is 3. The minimum Gasteiger partial charge on any atom is -0.338 e. The molecular formula is C22H24N6O2. The van der Waals surface area contributed by atoms with Crippen molar-refractivity contribution in [3.63, 3.8) is 0 Å². The van der Waals surface area contributed by atoms with E-state index in [0.29, 0.717) is 31.7 Å². The highest BCUT2D eigenvalue weighted by atomic mass is 16.2. The second-order valence-corrected chi connectivity index (χ2v) is 8.12. The minimum absolute atomic E-state index is 0.0159. The lowest BCUT2D eigenvalue weighted by Crippen LogP contribution is -2.62. The summed E-state index contributed by atoms with van der Waals surface area (Å²) in [4.78, 5) is 33.3. The highest BCUT2D eigenvalue weighted by molar-refractivity contribution is 5.95. The molecule has 0 bridgehead atoms. The molecule has 2 fully saturated rings. The molecule has 8 heteroatoms. The summed E-state index contributed by atoms with van der Waals surface area (Å²) in [6, 6.07) is 11.3. The van der Waals surface area contributed by atoms with Crippen LogP contribution in [0.1, 0.15) is 29.6 Å². The van der Waals surface area contributed by atoms with Gasteiger partial charge in [-0.15, -0.1) is 0 Å². The molecule has 2 aliphatic rings. The van der Waals surface area contributed by atoms with Crippen LogP contribution in [0.5, 0.6) is 0 Å². The van der Waals surface area contributed by atoms with Gasteiger partial charge in [-0.1, -0.05) is 12.1 Å². The van der Waals surface area contributed by atoms with E-state index < -0.39 is 5.54 Å². The summed E-state index contributed by atoms with van der Waals surface area (Å²) >= 11 is 0. The Labute approximate surface area is 174 Å². The predicted molar refractivity (Wildman–Crippen MR) is 112 cm³/mol. The smallest absolute Gasteiger partial charge is 0.253 e. The van der Waals surface area contributed by atoms with Crippen molar-refractivity contribution >= 4 is 17.5 Å². The Morgan fingerprint density at radius 1 is 0.933 bits per heavy atom. The largest absolute Gasteiger partial charge is 0.338 e. The van der Waals surface area contributed by atoms with E-state index in [1.54, 1.807) is 21.8 Å². The molecule has 0 unspecified atom stereocenters. The number of nitrogens with two attached hydrogens (primary N) is 1. The van der Waals surface area contributed by atoms with E-state index in [0.717, 1.165) is 36.2 Å². The summed E-state index contributed by atoms with van der Waals surface area (Å²) in [6.45, 7) is 2.13. The Morgan fingerprint density at radius 3 is 2.30 bits per heavy atom. The van der Waals surface area contributed by atoms with Crippen molar-refractivity contribution in [2.75, 3.05) is 26.2 Å². The van der Waals surface area contributed by atoms with Gasteiger partial charge in [0.2, 0.25) is 5.91 Å². The number of benzene rings is 1. The normalized spacial score (nSPS) is 18.3. The Kier molecular flexibility index (Phi) is 4.51. The van der Waals surface area contributed by atoms with Gasteiger partial charge in [0.1, 0.15) is 0 Å². The van der Waals surface area contributed by atoms with E-state index in [9.17, 15) is 9.59 Å². The van der Waals surface area contributed by atoms with Crippen molar-refractivity contribution in [3.05, 3.63) is 54.4 Å². The first-order valence-electron chi connectivity index (χ1n) is 10.3. The quantitative estimate of drug-likeness (QED) is 0.715. The maximum Gasteiger partial charge on any atom is 0.253 e. The van der Waals surface area contributed by atoms with Gasteiger partial charge in [0.25, 0.3) is 5.91 Å². The number of piperazine rings is 1. The molecule has 1 aliphatic heterocycles. The molecule has 8 nitrogen and oxygen atoms in total. The zero-order chi connectivity index (χ0) is 20.7. The fourth-order valence-electron chi connectivity index (χ4n) is 4.13. The monoisotopic (exact) mass is 404 g/mol. The molecule has 1 aliphatic carbocycles. The molecule has 1 saturated carbocycles. The van der Waals surface area contributed by atoms with E-state index >= 15 is 0 Å². The Morgan fingerprint density at radius 2 is 1.63 bits per heavy atom. The second kappa shape index (κ2) is 7.21. The van der Waals surface area contributed by atoms with Gasteiger partial charge >= 0.3 is 0 Å². The topological polar surface area (TPSA) is 96.8 Å². The number of aromatic nitrogens is 3. The molecule has 0 radical (unpaired) electrons. The molecule has 1 saturated heterocycles. The second-order valence-electron chi connectivity index (χ2n) is 8.12. The van der Waals surface area contributed by atoms with Crippen LogP contribution in [-0.4, -0.2) is 67.9 Å². The summed E-state index contributed by atoms with van der Waals surface area (Å²) in [5.74, 6) is 0.0188. The summed E-state index contributed by atoms with van der Waals surface area (Å²) in [7, 11) is 0. The Balaban J connectivity index is 1.24. The summed E-state index contributed by atoms with van der Waals surface area (Å²) in [5.41, 5.74) is 8.68. The predicted octanol–water partition coefficient (Wildman–Crippen LogP) is 1.56. The Hall–Kier alpha value is -3.26. The van der Waals surface area contributed by atoms with Crippen molar-refractivity contribution in [2.24, 2.45) is 5.73 Å². The standard InChI is InChI=1S/C22H24N6O2/c23-22(8-1-9-22)21(30)27-14-12-26(13-15-27)20(29)17-4-2-16(3-5-17)18-6-7-19-24-10-11-28(19)25-18/h2-7,10-11H,1,8-9,12-15,23H2. The third-order valence-corrected chi connectivity index (χ3v) is 6.21. The highest BCUT2D eigenvalue weighted by Gasteiger charge is 2.43. The van der Waals surface area contributed by atoms with Gasteiger partial charge < -0.3 is 15.5 Å². The van der Waals surface area contributed by atoms with Gasteiger partial charge in [-0.25, -0.2) is 9.50 Å². The van der Waals surface area contributed by atoms with Crippen LogP contribution in [0.15, 0.2) is 48.8 Å². The van der Waals surface area contributed by atoms with Crippen LogP contribution >= 0.6 is 0 Å². The van der Waals surface area contributed by atoms with Gasteiger partial charge in [-0.2, -0.15) is 5.10 Å². The van der Waals surface area contributed by atoms with E-state index in [1.807, 2.05) is 41.3 Å². The zero-order valence-electron chi connectivity index (χ0n) is 16.7. The van der Waals surface area contributed by atoms with Crippen LogP contribution in [0.4, 0.5) is 0 Å². The molecule has 2 amide bonds. The van der Waals surface area contributed by atoms with Gasteiger partial charge in [0.15, 0.2) is 5.65 Å². The summed E-state index contributed by atoms with van der Waals surface area (Å²) in [6.07, 6.45) is 6.06. The van der Waals surface area contributed by atoms with Crippen LogP contribution in [0, 0.1) is 0 Å². The maximum absolute atomic E-state index is 12.9. The number of nitrogens with zero attached hydrogens (tertiary/aromatic N) is 5. The molecule has 3 aromatic rings. The lowest BCUT2D eigenvalue weighted by molar-refractivity contribution is -0.141. The number of carbonyl (C=O) groups is 2. The first-order valence-corrected chi connectivity index (χ1v) is 10.3. The fourth-order valence-corrected chi connectivity index (χ4v) is 4.13. The average Bonchev–Trinajstić information content (AvgIpc) is 3.24. The number of carbonyl (C=O) groups excluding carboxylic acids is 2. The fraction of sp³-hybridized carbons (Fsp3) is 0.364. The maximum atomic E-state index is 12.9. The van der Waals surface area contributed by atoms with Crippen molar-refractivity contribution in [2.45, 2.75) is 24.8 Å². The van der Waals surface area contributed by atoms with Crippen LogP contribution in [-0.2, 0) is 4.79 Å². The van der Waals surface area contributed by atoms with Crippen LogP contribution in [0.3, 0.4) is 0 Å². The van der Waals surface area contributed by atoms with E-state index in [4.69, 9.17) is 5.73 Å². The lowest BCUT2D eigenvalue weighted by Gasteiger charge is -2.43. The van der Waals surface area contributed by atoms with Crippen LogP contribution < -0.4 is 5.73 Å². The summed E-state index contributed by atoms with van der Waals surface area (Å²) < 4.78 is 1.73. The molecule has 1 aromatic carbocycles. The van der Waals surface area contributed by atoms with Crippen molar-refractivity contribution in [3.8, 4) is 11.3 Å². The average molecular weight is 404 g/mol. The molecule has 5 rings (SSSR count). The highest BCUT2D eigenvalue weighted by Crippen LogP contribution is 2.31. The van der Waals surface area contributed by atoms with Gasteiger partial charge in [0.05, 0.1) is 11.2 Å². The third kappa shape index (κ3) is 3.23. The SMILES string of the molecule is NC1(C(=O)N2CCN(C(=O)c3ccc(-c4ccc5nccn5n4)cc3)CC2)CCC1. The van der Waals surface area contributed by atoms with Gasteiger partial charge in [-0.3, -0.25) is 9.59 Å². The van der Waals surface area contributed by atoms with Crippen molar-refractivity contribution in [1.29, 1.82) is 0 Å². The number of amides is 2. The van der Waals surface area contributed by atoms with E-state index in [1.165, 1.54) is 0 Å². The van der Waals surface area contributed by atoms with E-state index in [2.05, 4.69) is 10.1 Å². The molecular weight excluding hydrogens is 380 g/mol. The molecule has 2 N–H and O–H groups in total. The van der Waals surface area contributed by atoms with Crippen LogP contribution in [0.2, 0.25) is 0 Å². The van der Waals surface area contributed by atoms with Crippen molar-refractivity contribution < 1.29 is 9.59 Å². The van der Waals surface area contributed by atoms with Gasteiger partial charge in [0, 0.05) is 49.7 Å². The van der Waals surface area contributed by atoms with E-state index in [-0.39, 0.29) is 11.8 Å². The minimum atomic E-state index is -0.671. The lowest BCUT2D eigenvalue weighted by atomic mass is 9.76. The Bertz CT molecular complexity index is 1090. The molecule has 0 spiro atoms. The molecule has 154 valence electrons. The first kappa shape index (κ1) is 18.7. The summed E-state index contributed by atoms with van der Waals surface area (Å²) in [5, 5.41) is 4.54. The van der Waals surface area contributed by atoms with Crippen molar-refractivity contribution in [1.82, 2.24) is 24.4 Å². The molecule has 30 heavy (non-hydrogen) atoms. The number of imidazole rings is 1. The van der Waals surface area contributed by atoms with Crippen LogP contribution in [0.25, 0.3) is 16.9 Å². The number of hydrogen-bond acceptors (Lipinski definition) is 5. The first-order chi connectivity index (χ1) is 14.5. The zero-order valence-corrected chi connectivity index (χ0v) is 16.7. The third-order valence-electron chi connectivity index (χ3n) is 6.21. The molecule has 0 atom stereocenters. The number of fused-ring (bicyclic) bond motifs is 1. The molecule has 3 heterocycles. The van der Waals surface area contributed by atoms with Gasteiger partial charge in [-0.05, 0) is 43.5 Å². The molecule has 2 aromatic heterocycles.